The van der Waals surface area contributed by atoms with Gasteiger partial charge in [-0.15, -0.1) is 0 Å². The molecule has 74 valence electrons. The number of rotatable bonds is 1. The van der Waals surface area contributed by atoms with Gasteiger partial charge < -0.3 is 0 Å². The van der Waals surface area contributed by atoms with Crippen LogP contribution in [0.1, 0.15) is 34.1 Å². The zero-order valence-corrected chi connectivity index (χ0v) is 8.68. The maximum absolute atomic E-state index is 11.3. The molecule has 2 atom stereocenters. The van der Waals surface area contributed by atoms with Crippen LogP contribution in [0.25, 0.3) is 0 Å². The lowest BCUT2D eigenvalue weighted by molar-refractivity contribution is -0.126. The highest BCUT2D eigenvalue weighted by molar-refractivity contribution is 6.04. The van der Waals surface area contributed by atoms with Crippen LogP contribution in [-0.4, -0.2) is 11.8 Å². The fraction of sp³-hybridized carbons (Fsp3) is 0.800. The van der Waals surface area contributed by atoms with E-state index in [-0.39, 0.29) is 29.1 Å². The average molecular weight is 183 g/mol. The summed E-state index contributed by atoms with van der Waals surface area (Å²) in [4.78, 5) is 22.5. The van der Waals surface area contributed by atoms with E-state index >= 15 is 0 Å². The fourth-order valence-electron chi connectivity index (χ4n) is 1.67. The van der Waals surface area contributed by atoms with Crippen molar-refractivity contribution in [3.8, 4) is 0 Å². The van der Waals surface area contributed by atoms with Crippen LogP contribution in [0, 0.1) is 17.3 Å². The van der Waals surface area contributed by atoms with Crippen LogP contribution in [0.15, 0.2) is 0 Å². The first-order chi connectivity index (χ1) is 5.81. The van der Waals surface area contributed by atoms with E-state index in [2.05, 4.69) is 26.1 Å². The molecule has 1 aliphatic heterocycles. The number of nitrogens with one attached hydrogen (secondary N) is 1. The Bertz CT molecular complexity index is 240. The summed E-state index contributed by atoms with van der Waals surface area (Å²) in [5.74, 6) is -0.522. The van der Waals surface area contributed by atoms with E-state index in [0.29, 0.717) is 0 Å². The Morgan fingerprint density at radius 3 is 2.08 bits per heavy atom. The molecule has 0 radical (unpaired) electrons. The molecule has 0 aliphatic carbocycles. The molecule has 2 unspecified atom stereocenters. The van der Waals surface area contributed by atoms with E-state index in [0.717, 1.165) is 6.42 Å². The van der Waals surface area contributed by atoms with Gasteiger partial charge in [0.2, 0.25) is 11.8 Å². The smallest absolute Gasteiger partial charge is 0.230 e. The van der Waals surface area contributed by atoms with E-state index < -0.39 is 0 Å². The van der Waals surface area contributed by atoms with Crippen molar-refractivity contribution in [1.29, 1.82) is 0 Å². The normalized spacial score (nSPS) is 29.2. The number of amides is 2. The van der Waals surface area contributed by atoms with E-state index in [1.165, 1.54) is 0 Å². The summed E-state index contributed by atoms with van der Waals surface area (Å²) in [7, 11) is 0. The minimum atomic E-state index is -0.160. The van der Waals surface area contributed by atoms with E-state index in [4.69, 9.17) is 0 Å². The van der Waals surface area contributed by atoms with Crippen LogP contribution in [0.5, 0.6) is 0 Å². The first kappa shape index (κ1) is 10.2. The summed E-state index contributed by atoms with van der Waals surface area (Å²) in [6.07, 6.45) is 0.770. The molecular weight excluding hydrogens is 166 g/mol. The van der Waals surface area contributed by atoms with Gasteiger partial charge in [0.1, 0.15) is 0 Å². The Labute approximate surface area is 78.9 Å². The van der Waals surface area contributed by atoms with E-state index in [1.54, 1.807) is 0 Å². The van der Waals surface area contributed by atoms with E-state index in [9.17, 15) is 9.59 Å². The molecule has 1 aliphatic rings. The summed E-state index contributed by atoms with van der Waals surface area (Å²) in [5.41, 5.74) is 0.0981. The van der Waals surface area contributed by atoms with Crippen LogP contribution in [0.4, 0.5) is 0 Å². The number of carbonyl (C=O) groups is 2. The van der Waals surface area contributed by atoms with Crippen molar-refractivity contribution >= 4 is 11.8 Å². The van der Waals surface area contributed by atoms with Crippen LogP contribution in [0.2, 0.25) is 0 Å². The summed E-state index contributed by atoms with van der Waals surface area (Å²) < 4.78 is 0. The molecular formula is C10H17NO2. The van der Waals surface area contributed by atoms with Gasteiger partial charge in [0.05, 0.1) is 5.92 Å². The van der Waals surface area contributed by atoms with Crippen LogP contribution in [-0.2, 0) is 9.59 Å². The van der Waals surface area contributed by atoms with E-state index in [1.807, 2.05) is 6.92 Å². The predicted molar refractivity (Wildman–Crippen MR) is 49.9 cm³/mol. The molecule has 0 spiro atoms. The standard InChI is InChI=1S/C10H17NO2/c1-6-7(5-10(2,3)4)9(13)11-8(6)12/h6-7H,5H2,1-4H3,(H,11,12,13). The third-order valence-electron chi connectivity index (χ3n) is 2.43. The van der Waals surface area contributed by atoms with Crippen molar-refractivity contribution in [3.05, 3.63) is 0 Å². The molecule has 0 bridgehead atoms. The molecule has 2 amide bonds. The highest BCUT2D eigenvalue weighted by Crippen LogP contribution is 2.31. The molecule has 1 rings (SSSR count). The van der Waals surface area contributed by atoms with Gasteiger partial charge in [0, 0.05) is 5.92 Å². The highest BCUT2D eigenvalue weighted by atomic mass is 16.2. The Kier molecular flexibility index (Phi) is 2.46. The highest BCUT2D eigenvalue weighted by Gasteiger charge is 2.40. The second-order valence-corrected chi connectivity index (χ2v) is 5.01. The SMILES string of the molecule is CC1C(=O)NC(=O)C1CC(C)(C)C. The minimum Gasteiger partial charge on any atom is -0.296 e. The van der Waals surface area contributed by atoms with Gasteiger partial charge in [-0.1, -0.05) is 27.7 Å². The van der Waals surface area contributed by atoms with Gasteiger partial charge in [0.25, 0.3) is 0 Å². The number of hydrogen-bond acceptors (Lipinski definition) is 2. The lowest BCUT2D eigenvalue weighted by Crippen LogP contribution is -2.24. The Balaban J connectivity index is 2.70. The van der Waals surface area contributed by atoms with Gasteiger partial charge >= 0.3 is 0 Å². The zero-order chi connectivity index (χ0) is 10.2. The largest absolute Gasteiger partial charge is 0.296 e. The van der Waals surface area contributed by atoms with Crippen molar-refractivity contribution < 1.29 is 9.59 Å². The maximum Gasteiger partial charge on any atom is 0.230 e. The monoisotopic (exact) mass is 183 g/mol. The second-order valence-electron chi connectivity index (χ2n) is 5.01. The molecule has 0 saturated carbocycles. The molecule has 1 saturated heterocycles. The van der Waals surface area contributed by atoms with Gasteiger partial charge in [-0.2, -0.15) is 0 Å². The van der Waals surface area contributed by atoms with Crippen molar-refractivity contribution in [2.45, 2.75) is 34.1 Å². The summed E-state index contributed by atoms with van der Waals surface area (Å²) in [5, 5.41) is 2.36. The van der Waals surface area contributed by atoms with Gasteiger partial charge in [-0.25, -0.2) is 0 Å². The third-order valence-corrected chi connectivity index (χ3v) is 2.43. The summed E-state index contributed by atoms with van der Waals surface area (Å²) in [6, 6.07) is 0. The Morgan fingerprint density at radius 2 is 1.77 bits per heavy atom. The topological polar surface area (TPSA) is 46.2 Å². The third kappa shape index (κ3) is 2.29. The summed E-state index contributed by atoms with van der Waals surface area (Å²) >= 11 is 0. The average Bonchev–Trinajstić information content (AvgIpc) is 2.14. The Hall–Kier alpha value is -0.860. The van der Waals surface area contributed by atoms with Crippen molar-refractivity contribution in [3.63, 3.8) is 0 Å². The van der Waals surface area contributed by atoms with Crippen LogP contribution in [0.3, 0.4) is 0 Å². The summed E-state index contributed by atoms with van der Waals surface area (Å²) in [6.45, 7) is 8.05. The van der Waals surface area contributed by atoms with Crippen molar-refractivity contribution in [2.75, 3.05) is 0 Å². The van der Waals surface area contributed by atoms with Crippen molar-refractivity contribution in [1.82, 2.24) is 5.32 Å². The van der Waals surface area contributed by atoms with Crippen molar-refractivity contribution in [2.24, 2.45) is 17.3 Å². The quantitative estimate of drug-likeness (QED) is 0.623. The molecule has 1 heterocycles. The lowest BCUT2D eigenvalue weighted by atomic mass is 9.80. The molecule has 0 aromatic carbocycles. The first-order valence-electron chi connectivity index (χ1n) is 4.66. The molecule has 0 aromatic heterocycles. The minimum absolute atomic E-state index is 0.0981. The predicted octanol–water partition coefficient (Wildman–Crippen LogP) is 1.33. The van der Waals surface area contributed by atoms with Gasteiger partial charge in [-0.3, -0.25) is 14.9 Å². The first-order valence-corrected chi connectivity index (χ1v) is 4.66. The number of carbonyl (C=O) groups excluding carboxylic acids is 2. The molecule has 3 nitrogen and oxygen atoms in total. The van der Waals surface area contributed by atoms with Gasteiger partial charge in [0.15, 0.2) is 0 Å². The molecule has 1 N–H and O–H groups in total. The zero-order valence-electron chi connectivity index (χ0n) is 8.68. The maximum atomic E-state index is 11.3. The molecule has 3 heteroatoms. The Morgan fingerprint density at radius 1 is 1.23 bits per heavy atom. The number of hydrogen-bond donors (Lipinski definition) is 1. The second kappa shape index (κ2) is 3.13. The molecule has 13 heavy (non-hydrogen) atoms. The number of imide groups is 1. The molecule has 1 fully saturated rings. The van der Waals surface area contributed by atoms with Crippen LogP contribution >= 0.6 is 0 Å². The van der Waals surface area contributed by atoms with Gasteiger partial charge in [-0.05, 0) is 11.8 Å². The fourth-order valence-corrected chi connectivity index (χ4v) is 1.67. The molecule has 0 aromatic rings. The van der Waals surface area contributed by atoms with Crippen LogP contribution < -0.4 is 5.32 Å². The lowest BCUT2D eigenvalue weighted by Gasteiger charge is -2.22.